The second kappa shape index (κ2) is 5.15. The Morgan fingerprint density at radius 3 is 2.69 bits per heavy atom. The molecule has 1 unspecified atom stereocenters. The quantitative estimate of drug-likeness (QED) is 0.744. The molecule has 0 aromatic carbocycles. The molecule has 1 heterocycles. The standard InChI is InChI=1S/C12H25N3O/c1-5-12(3,4)14-11(16)9(2)15-7-6-10(13)8-15/h9-10H,5-8,13H2,1-4H3,(H,14,16)/t9?,10-/m0/s1. The van der Waals surface area contributed by atoms with Crippen LogP contribution in [0.5, 0.6) is 0 Å². The Bertz CT molecular complexity index is 253. The Labute approximate surface area is 98.6 Å². The van der Waals surface area contributed by atoms with Crippen molar-refractivity contribution in [1.82, 2.24) is 10.2 Å². The van der Waals surface area contributed by atoms with Crippen LogP contribution in [0, 0.1) is 0 Å². The maximum atomic E-state index is 12.0. The molecule has 0 aromatic heterocycles. The van der Waals surface area contributed by atoms with Crippen LogP contribution in [-0.2, 0) is 4.79 Å². The van der Waals surface area contributed by atoms with E-state index in [2.05, 4.69) is 17.1 Å². The highest BCUT2D eigenvalue weighted by atomic mass is 16.2. The maximum Gasteiger partial charge on any atom is 0.237 e. The molecule has 94 valence electrons. The summed E-state index contributed by atoms with van der Waals surface area (Å²) in [6.07, 6.45) is 1.93. The van der Waals surface area contributed by atoms with Crippen molar-refractivity contribution in [3.8, 4) is 0 Å². The van der Waals surface area contributed by atoms with Crippen molar-refractivity contribution in [2.45, 2.75) is 58.2 Å². The van der Waals surface area contributed by atoms with Crippen molar-refractivity contribution in [1.29, 1.82) is 0 Å². The number of nitrogens with zero attached hydrogens (tertiary/aromatic N) is 1. The molecule has 16 heavy (non-hydrogen) atoms. The second-order valence-corrected chi connectivity index (χ2v) is 5.45. The molecule has 1 aliphatic rings. The zero-order chi connectivity index (χ0) is 12.3. The van der Waals surface area contributed by atoms with Crippen LogP contribution in [0.1, 0.15) is 40.5 Å². The van der Waals surface area contributed by atoms with Gasteiger partial charge >= 0.3 is 0 Å². The van der Waals surface area contributed by atoms with Crippen LogP contribution in [0.3, 0.4) is 0 Å². The highest BCUT2D eigenvalue weighted by molar-refractivity contribution is 5.82. The molecule has 3 N–H and O–H groups in total. The first-order valence-electron chi connectivity index (χ1n) is 6.17. The summed E-state index contributed by atoms with van der Waals surface area (Å²) in [7, 11) is 0. The Hall–Kier alpha value is -0.610. The number of nitrogens with one attached hydrogen (secondary N) is 1. The third-order valence-corrected chi connectivity index (χ3v) is 3.53. The number of hydrogen-bond acceptors (Lipinski definition) is 3. The summed E-state index contributed by atoms with van der Waals surface area (Å²) in [5, 5.41) is 3.08. The number of amides is 1. The lowest BCUT2D eigenvalue weighted by Crippen LogP contribution is -2.51. The maximum absolute atomic E-state index is 12.0. The van der Waals surface area contributed by atoms with Gasteiger partial charge in [0, 0.05) is 24.7 Å². The van der Waals surface area contributed by atoms with E-state index in [-0.39, 0.29) is 23.5 Å². The van der Waals surface area contributed by atoms with Crippen molar-refractivity contribution in [3.05, 3.63) is 0 Å². The molecule has 1 aliphatic heterocycles. The fraction of sp³-hybridized carbons (Fsp3) is 0.917. The highest BCUT2D eigenvalue weighted by Crippen LogP contribution is 2.13. The third kappa shape index (κ3) is 3.46. The average molecular weight is 227 g/mol. The van der Waals surface area contributed by atoms with E-state index in [0.717, 1.165) is 25.9 Å². The number of carbonyl (C=O) groups excluding carboxylic acids is 1. The van der Waals surface area contributed by atoms with E-state index >= 15 is 0 Å². The molecule has 0 spiro atoms. The van der Waals surface area contributed by atoms with Crippen LogP contribution in [0.4, 0.5) is 0 Å². The van der Waals surface area contributed by atoms with Crippen LogP contribution in [-0.4, -0.2) is 41.5 Å². The van der Waals surface area contributed by atoms with Gasteiger partial charge in [0.2, 0.25) is 5.91 Å². The summed E-state index contributed by atoms with van der Waals surface area (Å²) in [4.78, 5) is 14.2. The van der Waals surface area contributed by atoms with Crippen molar-refractivity contribution in [2.75, 3.05) is 13.1 Å². The molecule has 0 aromatic rings. The van der Waals surface area contributed by atoms with E-state index in [1.165, 1.54) is 0 Å². The molecule has 4 nitrogen and oxygen atoms in total. The molecule has 0 bridgehead atoms. The molecule has 1 rings (SSSR count). The van der Waals surface area contributed by atoms with Crippen LogP contribution in [0.15, 0.2) is 0 Å². The molecule has 0 radical (unpaired) electrons. The topological polar surface area (TPSA) is 58.4 Å². The lowest BCUT2D eigenvalue weighted by Gasteiger charge is -2.30. The molecule has 0 aliphatic carbocycles. The number of hydrogen-bond donors (Lipinski definition) is 2. The summed E-state index contributed by atoms with van der Waals surface area (Å²) in [6.45, 7) is 9.90. The monoisotopic (exact) mass is 227 g/mol. The molecule has 0 saturated carbocycles. The largest absolute Gasteiger partial charge is 0.350 e. The first-order valence-corrected chi connectivity index (χ1v) is 6.17. The van der Waals surface area contributed by atoms with Gasteiger partial charge in [0.05, 0.1) is 6.04 Å². The van der Waals surface area contributed by atoms with Gasteiger partial charge < -0.3 is 11.1 Å². The fourth-order valence-corrected chi connectivity index (χ4v) is 1.86. The highest BCUT2D eigenvalue weighted by Gasteiger charge is 2.29. The predicted molar refractivity (Wildman–Crippen MR) is 66.1 cm³/mol. The van der Waals surface area contributed by atoms with Crippen LogP contribution < -0.4 is 11.1 Å². The normalized spacial score (nSPS) is 24.4. The minimum atomic E-state index is -0.118. The smallest absolute Gasteiger partial charge is 0.237 e. The SMILES string of the molecule is CCC(C)(C)NC(=O)C(C)N1CC[C@H](N)C1. The average Bonchev–Trinajstić information content (AvgIpc) is 2.63. The van der Waals surface area contributed by atoms with E-state index in [4.69, 9.17) is 5.73 Å². The predicted octanol–water partition coefficient (Wildman–Crippen LogP) is 0.713. The Morgan fingerprint density at radius 1 is 1.62 bits per heavy atom. The van der Waals surface area contributed by atoms with Gasteiger partial charge in [0.25, 0.3) is 0 Å². The van der Waals surface area contributed by atoms with Gasteiger partial charge in [-0.05, 0) is 33.6 Å². The van der Waals surface area contributed by atoms with Crippen LogP contribution in [0.25, 0.3) is 0 Å². The van der Waals surface area contributed by atoms with Gasteiger partial charge in [-0.3, -0.25) is 9.69 Å². The summed E-state index contributed by atoms with van der Waals surface area (Å²) in [5.41, 5.74) is 5.73. The molecule has 1 amide bonds. The van der Waals surface area contributed by atoms with E-state index in [1.54, 1.807) is 0 Å². The molecule has 2 atom stereocenters. The molecular formula is C12H25N3O. The third-order valence-electron chi connectivity index (χ3n) is 3.53. The van der Waals surface area contributed by atoms with E-state index < -0.39 is 0 Å². The Kier molecular flexibility index (Phi) is 4.33. The van der Waals surface area contributed by atoms with Gasteiger partial charge in [-0.25, -0.2) is 0 Å². The number of carbonyl (C=O) groups is 1. The Morgan fingerprint density at radius 2 is 2.25 bits per heavy atom. The molecule has 4 heteroatoms. The molecular weight excluding hydrogens is 202 g/mol. The van der Waals surface area contributed by atoms with Crippen LogP contribution in [0.2, 0.25) is 0 Å². The van der Waals surface area contributed by atoms with Crippen molar-refractivity contribution in [2.24, 2.45) is 5.73 Å². The first kappa shape index (κ1) is 13.5. The minimum Gasteiger partial charge on any atom is -0.350 e. The van der Waals surface area contributed by atoms with E-state index in [9.17, 15) is 4.79 Å². The van der Waals surface area contributed by atoms with Crippen molar-refractivity contribution < 1.29 is 4.79 Å². The minimum absolute atomic E-state index is 0.0700. The zero-order valence-electron chi connectivity index (χ0n) is 10.9. The zero-order valence-corrected chi connectivity index (χ0v) is 10.9. The lowest BCUT2D eigenvalue weighted by atomic mass is 10.0. The van der Waals surface area contributed by atoms with E-state index in [1.807, 2.05) is 20.8 Å². The molecule has 1 fully saturated rings. The van der Waals surface area contributed by atoms with Gasteiger partial charge in [-0.1, -0.05) is 6.92 Å². The van der Waals surface area contributed by atoms with E-state index in [0.29, 0.717) is 0 Å². The summed E-state index contributed by atoms with van der Waals surface area (Å²) in [6, 6.07) is 0.161. The van der Waals surface area contributed by atoms with Gasteiger partial charge in [0.15, 0.2) is 0 Å². The van der Waals surface area contributed by atoms with Gasteiger partial charge in [-0.2, -0.15) is 0 Å². The van der Waals surface area contributed by atoms with Crippen LogP contribution >= 0.6 is 0 Å². The summed E-state index contributed by atoms with van der Waals surface area (Å²) < 4.78 is 0. The van der Waals surface area contributed by atoms with Crippen molar-refractivity contribution in [3.63, 3.8) is 0 Å². The number of nitrogens with two attached hydrogens (primary N) is 1. The second-order valence-electron chi connectivity index (χ2n) is 5.45. The number of likely N-dealkylation sites (tertiary alicyclic amines) is 1. The molecule has 1 saturated heterocycles. The van der Waals surface area contributed by atoms with Gasteiger partial charge in [0.1, 0.15) is 0 Å². The fourth-order valence-electron chi connectivity index (χ4n) is 1.86. The Balaban J connectivity index is 2.48. The lowest BCUT2D eigenvalue weighted by molar-refractivity contribution is -0.127. The summed E-state index contributed by atoms with van der Waals surface area (Å²) in [5.74, 6) is 0.112. The number of rotatable bonds is 4. The summed E-state index contributed by atoms with van der Waals surface area (Å²) >= 11 is 0. The van der Waals surface area contributed by atoms with Gasteiger partial charge in [-0.15, -0.1) is 0 Å². The first-order chi connectivity index (χ1) is 7.35. The van der Waals surface area contributed by atoms with Crippen molar-refractivity contribution >= 4 is 5.91 Å².